The van der Waals surface area contributed by atoms with Crippen LogP contribution in [0.5, 0.6) is 0 Å². The minimum atomic E-state index is 0.0752. The van der Waals surface area contributed by atoms with Crippen molar-refractivity contribution in [3.8, 4) is 0 Å². The fourth-order valence-electron chi connectivity index (χ4n) is 1.56. The standard InChI is InChI=1S/C14H11O/c1-2-3-6-12-10-9-11-7-4-5-8-13(11)14(12)15/h2-10H,1H2/b6-3-. The van der Waals surface area contributed by atoms with Crippen LogP contribution >= 0.6 is 0 Å². The average Bonchev–Trinajstić information content (AvgIpc) is 2.29. The van der Waals surface area contributed by atoms with E-state index < -0.39 is 0 Å². The van der Waals surface area contributed by atoms with Crippen LogP contribution in [0.3, 0.4) is 0 Å². The monoisotopic (exact) mass is 195 g/mol. The molecule has 0 aliphatic heterocycles. The van der Waals surface area contributed by atoms with Gasteiger partial charge in [-0.2, -0.15) is 0 Å². The first-order valence-corrected chi connectivity index (χ1v) is 4.81. The summed E-state index contributed by atoms with van der Waals surface area (Å²) in [5, 5.41) is 0. The van der Waals surface area contributed by atoms with E-state index in [1.54, 1.807) is 18.2 Å². The second kappa shape index (κ2) is 4.09. The molecule has 2 aliphatic rings. The van der Waals surface area contributed by atoms with Gasteiger partial charge in [0.25, 0.3) is 0 Å². The van der Waals surface area contributed by atoms with Gasteiger partial charge >= 0.3 is 0 Å². The van der Waals surface area contributed by atoms with E-state index >= 15 is 0 Å². The van der Waals surface area contributed by atoms with Gasteiger partial charge in [0.2, 0.25) is 0 Å². The SMILES string of the molecule is C=C/C=C\C1=CC=C2[CH]C=CC=C2C1=O. The third-order valence-corrected chi connectivity index (χ3v) is 2.32. The van der Waals surface area contributed by atoms with Crippen molar-refractivity contribution in [1.82, 2.24) is 0 Å². The molecule has 73 valence electrons. The molecule has 0 bridgehead atoms. The van der Waals surface area contributed by atoms with Gasteiger partial charge in [-0.25, -0.2) is 0 Å². The summed E-state index contributed by atoms with van der Waals surface area (Å²) >= 11 is 0. The maximum absolute atomic E-state index is 11.9. The van der Waals surface area contributed by atoms with Gasteiger partial charge in [0.1, 0.15) is 0 Å². The fourth-order valence-corrected chi connectivity index (χ4v) is 1.56. The number of hydrogen-bond donors (Lipinski definition) is 0. The Morgan fingerprint density at radius 1 is 1.13 bits per heavy atom. The molecule has 0 atom stereocenters. The second-order valence-electron chi connectivity index (χ2n) is 3.30. The van der Waals surface area contributed by atoms with Crippen molar-refractivity contribution in [2.24, 2.45) is 0 Å². The molecule has 2 rings (SSSR count). The molecule has 0 fully saturated rings. The number of fused-ring (bicyclic) bond motifs is 1. The number of rotatable bonds is 2. The molecule has 0 aromatic rings. The molecule has 15 heavy (non-hydrogen) atoms. The van der Waals surface area contributed by atoms with Crippen LogP contribution in [0.2, 0.25) is 0 Å². The quantitative estimate of drug-likeness (QED) is 0.619. The predicted molar refractivity (Wildman–Crippen MR) is 62.0 cm³/mol. The van der Waals surface area contributed by atoms with Crippen LogP contribution in [0.1, 0.15) is 0 Å². The van der Waals surface area contributed by atoms with Crippen LogP contribution < -0.4 is 0 Å². The van der Waals surface area contributed by atoms with Crippen LogP contribution in [-0.2, 0) is 4.79 Å². The first kappa shape index (κ1) is 9.66. The zero-order valence-corrected chi connectivity index (χ0v) is 8.31. The lowest BCUT2D eigenvalue weighted by atomic mass is 9.87. The van der Waals surface area contributed by atoms with Gasteiger partial charge < -0.3 is 0 Å². The molecule has 0 aromatic carbocycles. The summed E-state index contributed by atoms with van der Waals surface area (Å²) in [6, 6.07) is 0. The van der Waals surface area contributed by atoms with Gasteiger partial charge in [-0.1, -0.05) is 55.2 Å². The number of carbonyl (C=O) groups excluding carboxylic acids is 1. The molecule has 0 heterocycles. The average molecular weight is 195 g/mol. The largest absolute Gasteiger partial charge is 0.289 e. The van der Waals surface area contributed by atoms with Crippen molar-refractivity contribution in [2.75, 3.05) is 0 Å². The van der Waals surface area contributed by atoms with E-state index in [1.807, 2.05) is 36.8 Å². The molecule has 0 unspecified atom stereocenters. The number of ketones is 1. The Labute approximate surface area is 89.5 Å². The number of hydrogen-bond acceptors (Lipinski definition) is 1. The highest BCUT2D eigenvalue weighted by Crippen LogP contribution is 2.26. The van der Waals surface area contributed by atoms with Crippen LogP contribution in [-0.4, -0.2) is 5.78 Å². The Kier molecular flexibility index (Phi) is 2.64. The number of allylic oxidation sites excluding steroid dienone is 11. The molecule has 0 spiro atoms. The van der Waals surface area contributed by atoms with Crippen molar-refractivity contribution >= 4 is 5.78 Å². The molecule has 0 amide bonds. The molecule has 1 heteroatoms. The Bertz CT molecular complexity index is 454. The Morgan fingerprint density at radius 3 is 2.80 bits per heavy atom. The lowest BCUT2D eigenvalue weighted by Gasteiger charge is -2.16. The van der Waals surface area contributed by atoms with Gasteiger partial charge in [-0.05, 0) is 5.57 Å². The van der Waals surface area contributed by atoms with E-state index in [4.69, 9.17) is 0 Å². The van der Waals surface area contributed by atoms with E-state index in [1.165, 1.54) is 0 Å². The third kappa shape index (κ3) is 1.82. The Morgan fingerprint density at radius 2 is 2.00 bits per heavy atom. The molecular weight excluding hydrogens is 184 g/mol. The smallest absolute Gasteiger partial charge is 0.193 e. The van der Waals surface area contributed by atoms with Crippen molar-refractivity contribution < 1.29 is 4.79 Å². The first-order valence-electron chi connectivity index (χ1n) is 4.81. The lowest BCUT2D eigenvalue weighted by molar-refractivity contribution is -0.111. The lowest BCUT2D eigenvalue weighted by Crippen LogP contribution is -2.12. The Balaban J connectivity index is 2.36. The molecule has 0 saturated carbocycles. The van der Waals surface area contributed by atoms with E-state index in [9.17, 15) is 4.79 Å². The molecule has 2 aliphatic carbocycles. The molecule has 1 nitrogen and oxygen atoms in total. The minimum Gasteiger partial charge on any atom is -0.289 e. The highest BCUT2D eigenvalue weighted by atomic mass is 16.1. The van der Waals surface area contributed by atoms with Crippen molar-refractivity contribution in [3.63, 3.8) is 0 Å². The highest BCUT2D eigenvalue weighted by molar-refractivity contribution is 6.15. The zero-order valence-electron chi connectivity index (χ0n) is 8.31. The van der Waals surface area contributed by atoms with Crippen LogP contribution in [0.15, 0.2) is 71.9 Å². The van der Waals surface area contributed by atoms with Crippen molar-refractivity contribution in [1.29, 1.82) is 0 Å². The molecule has 0 aromatic heterocycles. The van der Waals surface area contributed by atoms with Gasteiger partial charge in [0.15, 0.2) is 5.78 Å². The van der Waals surface area contributed by atoms with Gasteiger partial charge in [0.05, 0.1) is 0 Å². The van der Waals surface area contributed by atoms with Crippen LogP contribution in [0.25, 0.3) is 0 Å². The zero-order chi connectivity index (χ0) is 10.7. The van der Waals surface area contributed by atoms with Gasteiger partial charge in [-0.15, -0.1) is 0 Å². The topological polar surface area (TPSA) is 17.1 Å². The number of Topliss-reactive ketones (excluding diaryl/α,β-unsaturated/α-hetero) is 1. The van der Waals surface area contributed by atoms with Crippen LogP contribution in [0, 0.1) is 6.42 Å². The fraction of sp³-hybridized carbons (Fsp3) is 0. The van der Waals surface area contributed by atoms with Crippen LogP contribution in [0.4, 0.5) is 0 Å². The molecule has 0 N–H and O–H groups in total. The minimum absolute atomic E-state index is 0.0752. The second-order valence-corrected chi connectivity index (χ2v) is 3.30. The van der Waals surface area contributed by atoms with Crippen molar-refractivity contribution in [2.45, 2.75) is 0 Å². The third-order valence-electron chi connectivity index (χ3n) is 2.32. The summed E-state index contributed by atoms with van der Waals surface area (Å²) in [5.41, 5.74) is 2.45. The molecule has 1 radical (unpaired) electrons. The predicted octanol–water partition coefficient (Wildman–Crippen LogP) is 2.86. The van der Waals surface area contributed by atoms with Gasteiger partial charge in [-0.3, -0.25) is 4.79 Å². The summed E-state index contributed by atoms with van der Waals surface area (Å²) < 4.78 is 0. The number of carbonyl (C=O) groups is 1. The summed E-state index contributed by atoms with van der Waals surface area (Å²) in [7, 11) is 0. The summed E-state index contributed by atoms with van der Waals surface area (Å²) in [4.78, 5) is 11.9. The van der Waals surface area contributed by atoms with Gasteiger partial charge in [0, 0.05) is 17.6 Å². The summed E-state index contributed by atoms with van der Waals surface area (Å²) in [6.45, 7) is 3.58. The van der Waals surface area contributed by atoms with Crippen molar-refractivity contribution in [3.05, 3.63) is 78.3 Å². The maximum Gasteiger partial charge on any atom is 0.193 e. The van der Waals surface area contributed by atoms with E-state index in [0.717, 1.165) is 11.1 Å². The summed E-state index contributed by atoms with van der Waals surface area (Å²) in [5.74, 6) is 0.0752. The van der Waals surface area contributed by atoms with E-state index in [0.29, 0.717) is 5.57 Å². The summed E-state index contributed by atoms with van der Waals surface area (Å²) in [6.07, 6.45) is 16.6. The highest BCUT2D eigenvalue weighted by Gasteiger charge is 2.20. The molecule has 0 saturated heterocycles. The Hall–Kier alpha value is -1.89. The first-order chi connectivity index (χ1) is 7.33. The van der Waals surface area contributed by atoms with E-state index in [-0.39, 0.29) is 5.78 Å². The van der Waals surface area contributed by atoms with E-state index in [2.05, 4.69) is 6.58 Å². The molecular formula is C14H11O. The normalized spacial score (nSPS) is 19.5. The maximum atomic E-state index is 11.9.